The van der Waals surface area contributed by atoms with E-state index in [2.05, 4.69) is 25.4 Å². The van der Waals surface area contributed by atoms with Crippen LogP contribution in [-0.2, 0) is 0 Å². The number of nitrogen functional groups attached to an aromatic ring is 1. The summed E-state index contributed by atoms with van der Waals surface area (Å²) in [5.74, 6) is -0.986. The minimum Gasteiger partial charge on any atom is -0.382 e. The lowest BCUT2D eigenvalue weighted by Crippen LogP contribution is -2.11. The summed E-state index contributed by atoms with van der Waals surface area (Å²) in [7, 11) is 0. The highest BCUT2D eigenvalue weighted by atomic mass is 19.1. The molecule has 0 saturated heterocycles. The lowest BCUT2D eigenvalue weighted by atomic mass is 10.1. The summed E-state index contributed by atoms with van der Waals surface area (Å²) in [6.07, 6.45) is 3.28. The number of benzene rings is 1. The minimum atomic E-state index is -0.684. The van der Waals surface area contributed by atoms with Gasteiger partial charge in [0, 0.05) is 30.1 Å². The molecule has 0 radical (unpaired) electrons. The van der Waals surface area contributed by atoms with Crippen molar-refractivity contribution in [1.29, 1.82) is 5.26 Å². The molecule has 0 aliphatic carbocycles. The maximum absolute atomic E-state index is 14.1. The van der Waals surface area contributed by atoms with Gasteiger partial charge in [0.15, 0.2) is 11.5 Å². The maximum Gasteiger partial charge on any atom is 0.234 e. The van der Waals surface area contributed by atoms with Crippen LogP contribution in [0.1, 0.15) is 24.4 Å². The molecule has 0 fully saturated rings. The molecule has 29 heavy (non-hydrogen) atoms. The Morgan fingerprint density at radius 3 is 2.83 bits per heavy atom. The first-order valence-electron chi connectivity index (χ1n) is 8.56. The quantitative estimate of drug-likeness (QED) is 0.548. The van der Waals surface area contributed by atoms with Crippen molar-refractivity contribution in [3.8, 4) is 17.3 Å². The van der Waals surface area contributed by atoms with Gasteiger partial charge in [-0.3, -0.25) is 0 Å². The third-order valence-corrected chi connectivity index (χ3v) is 4.30. The highest BCUT2D eigenvalue weighted by Gasteiger charge is 2.18. The molecule has 0 amide bonds. The Kier molecular flexibility index (Phi) is 4.48. The average Bonchev–Trinajstić information content (AvgIpc) is 3.03. The number of nitrogens with zero attached hydrogens (tertiary/aromatic N) is 6. The van der Waals surface area contributed by atoms with Crippen LogP contribution in [0.25, 0.3) is 16.9 Å². The SMILES string of the molecule is C[C@H](Nc1cc(-c2c(N)nn3cccnc23)nc(C#N)n1)c1ccc(F)cc1F. The van der Waals surface area contributed by atoms with Gasteiger partial charge in [-0.05, 0) is 19.1 Å². The highest BCUT2D eigenvalue weighted by Crippen LogP contribution is 2.30. The second-order valence-electron chi connectivity index (χ2n) is 6.25. The molecule has 3 heterocycles. The summed E-state index contributed by atoms with van der Waals surface area (Å²) in [6.45, 7) is 1.69. The topological polar surface area (TPSA) is 118 Å². The fraction of sp³-hybridized carbons (Fsp3) is 0.105. The number of anilines is 2. The van der Waals surface area contributed by atoms with Crippen molar-refractivity contribution in [2.24, 2.45) is 0 Å². The standard InChI is InChI=1S/C19H14F2N8/c1-10(12-4-3-11(20)7-13(12)21)25-15-8-14(26-16(9-22)27-15)17-18(23)28-29-6-2-5-24-19(17)29/h2-8,10H,1H3,(H2,23,28)(H,25,26,27)/t10-/m0/s1. The van der Waals surface area contributed by atoms with Crippen LogP contribution in [0.4, 0.5) is 20.4 Å². The van der Waals surface area contributed by atoms with Crippen molar-refractivity contribution in [3.05, 3.63) is 65.7 Å². The van der Waals surface area contributed by atoms with E-state index in [0.29, 0.717) is 16.9 Å². The van der Waals surface area contributed by atoms with Gasteiger partial charge in [0.1, 0.15) is 23.5 Å². The number of fused-ring (bicyclic) bond motifs is 1. The minimum absolute atomic E-state index is 0.105. The largest absolute Gasteiger partial charge is 0.382 e. The second-order valence-corrected chi connectivity index (χ2v) is 6.25. The molecule has 8 nitrogen and oxygen atoms in total. The molecule has 10 heteroatoms. The van der Waals surface area contributed by atoms with E-state index >= 15 is 0 Å². The molecule has 0 spiro atoms. The molecule has 0 unspecified atom stereocenters. The monoisotopic (exact) mass is 392 g/mol. The van der Waals surface area contributed by atoms with Gasteiger partial charge in [0.25, 0.3) is 0 Å². The third kappa shape index (κ3) is 3.41. The van der Waals surface area contributed by atoms with Gasteiger partial charge in [0.2, 0.25) is 5.82 Å². The van der Waals surface area contributed by atoms with Crippen molar-refractivity contribution in [3.63, 3.8) is 0 Å². The first-order valence-corrected chi connectivity index (χ1v) is 8.56. The Bertz CT molecular complexity index is 1260. The van der Waals surface area contributed by atoms with E-state index in [4.69, 9.17) is 5.73 Å². The fourth-order valence-electron chi connectivity index (χ4n) is 3.00. The molecule has 3 N–H and O–H groups in total. The molecule has 1 aromatic carbocycles. The zero-order chi connectivity index (χ0) is 20.5. The fourth-order valence-corrected chi connectivity index (χ4v) is 3.00. The van der Waals surface area contributed by atoms with Crippen LogP contribution >= 0.6 is 0 Å². The summed E-state index contributed by atoms with van der Waals surface area (Å²) >= 11 is 0. The number of halogens is 2. The maximum atomic E-state index is 14.1. The summed E-state index contributed by atoms with van der Waals surface area (Å²) in [5, 5.41) is 16.5. The van der Waals surface area contributed by atoms with E-state index in [1.165, 1.54) is 16.6 Å². The Hall–Kier alpha value is -4.13. The van der Waals surface area contributed by atoms with Gasteiger partial charge < -0.3 is 11.1 Å². The van der Waals surface area contributed by atoms with E-state index in [1.807, 2.05) is 6.07 Å². The number of hydrogen-bond donors (Lipinski definition) is 2. The van der Waals surface area contributed by atoms with E-state index < -0.39 is 17.7 Å². The van der Waals surface area contributed by atoms with Crippen LogP contribution in [0.3, 0.4) is 0 Å². The van der Waals surface area contributed by atoms with E-state index in [1.54, 1.807) is 31.5 Å². The van der Waals surface area contributed by atoms with Gasteiger partial charge in [-0.1, -0.05) is 6.07 Å². The van der Waals surface area contributed by atoms with E-state index in [9.17, 15) is 14.0 Å². The third-order valence-electron chi connectivity index (χ3n) is 4.30. The number of rotatable bonds is 4. The van der Waals surface area contributed by atoms with Crippen molar-refractivity contribution in [2.45, 2.75) is 13.0 Å². The predicted molar refractivity (Wildman–Crippen MR) is 102 cm³/mol. The molecule has 0 aliphatic heterocycles. The Morgan fingerprint density at radius 1 is 1.24 bits per heavy atom. The number of nitrogens with one attached hydrogen (secondary N) is 1. The molecule has 0 saturated carbocycles. The lowest BCUT2D eigenvalue weighted by molar-refractivity contribution is 0.566. The van der Waals surface area contributed by atoms with Gasteiger partial charge in [-0.15, -0.1) is 5.10 Å². The number of hydrogen-bond acceptors (Lipinski definition) is 7. The van der Waals surface area contributed by atoms with Crippen LogP contribution in [0.15, 0.2) is 42.7 Å². The summed E-state index contributed by atoms with van der Waals surface area (Å²) in [5.41, 5.74) is 7.55. The van der Waals surface area contributed by atoms with Crippen LogP contribution in [-0.4, -0.2) is 24.6 Å². The van der Waals surface area contributed by atoms with Gasteiger partial charge in [0.05, 0.1) is 17.3 Å². The van der Waals surface area contributed by atoms with Crippen LogP contribution < -0.4 is 11.1 Å². The van der Waals surface area contributed by atoms with Crippen LogP contribution in [0, 0.1) is 23.0 Å². The molecule has 4 rings (SSSR count). The predicted octanol–water partition coefficient (Wildman–Crippen LogP) is 3.09. The second kappa shape index (κ2) is 7.12. The molecule has 144 valence electrons. The first kappa shape index (κ1) is 18.2. The Balaban J connectivity index is 1.76. The van der Waals surface area contributed by atoms with Crippen molar-refractivity contribution in [1.82, 2.24) is 24.6 Å². The molecule has 4 aromatic rings. The molecular weight excluding hydrogens is 378 g/mol. The van der Waals surface area contributed by atoms with Crippen LogP contribution in [0.2, 0.25) is 0 Å². The zero-order valence-electron chi connectivity index (χ0n) is 15.1. The molecule has 3 aromatic heterocycles. The molecule has 0 bridgehead atoms. The number of nitriles is 1. The van der Waals surface area contributed by atoms with Crippen molar-refractivity contribution < 1.29 is 8.78 Å². The zero-order valence-corrected chi connectivity index (χ0v) is 15.1. The average molecular weight is 392 g/mol. The Morgan fingerprint density at radius 2 is 2.07 bits per heavy atom. The van der Waals surface area contributed by atoms with Gasteiger partial charge in [-0.25, -0.2) is 28.2 Å². The van der Waals surface area contributed by atoms with Crippen LogP contribution in [0.5, 0.6) is 0 Å². The molecular formula is C19H14F2N8. The van der Waals surface area contributed by atoms with E-state index in [0.717, 1.165) is 6.07 Å². The summed E-state index contributed by atoms with van der Waals surface area (Å²) in [4.78, 5) is 12.6. The highest BCUT2D eigenvalue weighted by molar-refractivity contribution is 5.85. The Labute approximate surface area is 163 Å². The molecule has 1 atom stereocenters. The smallest absolute Gasteiger partial charge is 0.234 e. The number of nitrogens with two attached hydrogens (primary N) is 1. The van der Waals surface area contributed by atoms with E-state index in [-0.39, 0.29) is 23.0 Å². The summed E-state index contributed by atoms with van der Waals surface area (Å²) < 4.78 is 28.7. The summed E-state index contributed by atoms with van der Waals surface area (Å²) in [6, 6.07) is 7.95. The van der Waals surface area contributed by atoms with Gasteiger partial charge in [-0.2, -0.15) is 5.26 Å². The lowest BCUT2D eigenvalue weighted by Gasteiger charge is -2.16. The first-order chi connectivity index (χ1) is 14.0. The molecule has 0 aliphatic rings. The van der Waals surface area contributed by atoms with Gasteiger partial charge >= 0.3 is 0 Å². The van der Waals surface area contributed by atoms with Crippen molar-refractivity contribution in [2.75, 3.05) is 11.1 Å². The normalized spacial score (nSPS) is 11.9. The van der Waals surface area contributed by atoms with Crippen molar-refractivity contribution >= 4 is 17.3 Å². The number of aromatic nitrogens is 5.